The summed E-state index contributed by atoms with van der Waals surface area (Å²) in [4.78, 5) is 6.52. The number of aryl methyl sites for hydroxylation is 1. The number of hydrogen-bond donors (Lipinski definition) is 4. The van der Waals surface area contributed by atoms with E-state index in [1.807, 2.05) is 56.3 Å². The maximum Gasteiger partial charge on any atom is 0.174 e. The van der Waals surface area contributed by atoms with Crippen LogP contribution in [0.5, 0.6) is 0 Å². The number of hydrazine groups is 1. The van der Waals surface area contributed by atoms with Crippen LogP contribution in [-0.2, 0) is 9.47 Å². The van der Waals surface area contributed by atoms with Crippen molar-refractivity contribution in [2.45, 2.75) is 27.1 Å². The molecular weight excluding hydrogens is 466 g/mol. The first-order chi connectivity index (χ1) is 17.5. The summed E-state index contributed by atoms with van der Waals surface area (Å²) in [5, 5.41) is 4.62. The molecular formula is C28H39N7O2. The molecule has 7 N–H and O–H groups in total. The molecule has 3 rings (SSSR count). The predicted octanol–water partition coefficient (Wildman–Crippen LogP) is 2.19. The van der Waals surface area contributed by atoms with Gasteiger partial charge in [0, 0.05) is 49.4 Å². The van der Waals surface area contributed by atoms with Gasteiger partial charge in [0.25, 0.3) is 0 Å². The third kappa shape index (κ3) is 8.43. The van der Waals surface area contributed by atoms with E-state index < -0.39 is 0 Å². The van der Waals surface area contributed by atoms with Crippen LogP contribution >= 0.6 is 0 Å². The number of nitrogens with one attached hydrogen (secondary N) is 1. The highest BCUT2D eigenvalue weighted by atomic mass is 16.7. The third-order valence-corrected chi connectivity index (χ3v) is 5.73. The zero-order valence-electron chi connectivity index (χ0n) is 22.4. The van der Waals surface area contributed by atoms with Gasteiger partial charge in [-0.05, 0) is 36.2 Å². The Kier molecular flexibility index (Phi) is 9.42. The smallest absolute Gasteiger partial charge is 0.174 e. The fourth-order valence-electron chi connectivity index (χ4n) is 3.61. The zero-order valence-corrected chi connectivity index (χ0v) is 22.4. The molecule has 0 saturated carbocycles. The Morgan fingerprint density at radius 3 is 2.46 bits per heavy atom. The van der Waals surface area contributed by atoms with E-state index in [1.165, 1.54) is 5.01 Å². The van der Waals surface area contributed by atoms with E-state index in [4.69, 9.17) is 26.8 Å². The van der Waals surface area contributed by atoms with Crippen molar-refractivity contribution in [3.05, 3.63) is 71.3 Å². The molecule has 0 atom stereocenters. The lowest BCUT2D eigenvalue weighted by molar-refractivity contribution is -0.217. The summed E-state index contributed by atoms with van der Waals surface area (Å²) in [6.07, 6.45) is 4.81. The van der Waals surface area contributed by atoms with Crippen LogP contribution in [0.1, 0.15) is 36.2 Å². The van der Waals surface area contributed by atoms with Gasteiger partial charge >= 0.3 is 0 Å². The molecule has 1 saturated heterocycles. The minimum Gasteiger partial charge on any atom is -0.397 e. The van der Waals surface area contributed by atoms with Gasteiger partial charge in [0.2, 0.25) is 0 Å². The Balaban J connectivity index is 1.53. The molecule has 9 heteroatoms. The van der Waals surface area contributed by atoms with Gasteiger partial charge in [0.05, 0.1) is 43.4 Å². The lowest BCUT2D eigenvalue weighted by atomic mass is 9.96. The molecule has 1 fully saturated rings. The molecule has 0 radical (unpaired) electrons. The van der Waals surface area contributed by atoms with Crippen LogP contribution in [0.25, 0.3) is 11.4 Å². The lowest BCUT2D eigenvalue weighted by Gasteiger charge is -2.34. The number of benzene rings is 1. The van der Waals surface area contributed by atoms with Crippen molar-refractivity contribution in [2.75, 3.05) is 45.3 Å². The molecule has 2 heterocycles. The first kappa shape index (κ1) is 27.9. The topological polar surface area (TPSA) is 128 Å². The Labute approximate surface area is 220 Å². The maximum absolute atomic E-state index is 6.24. The van der Waals surface area contributed by atoms with Gasteiger partial charge in [0.1, 0.15) is 0 Å². The van der Waals surface area contributed by atoms with Crippen molar-refractivity contribution in [2.24, 2.45) is 22.7 Å². The van der Waals surface area contributed by atoms with Gasteiger partial charge in [-0.25, -0.2) is 5.84 Å². The van der Waals surface area contributed by atoms with Crippen LogP contribution in [0.3, 0.4) is 0 Å². The fraction of sp³-hybridized carbons (Fsp3) is 0.393. The zero-order chi connectivity index (χ0) is 27.0. The molecule has 2 aromatic rings. The summed E-state index contributed by atoms with van der Waals surface area (Å²) in [5.74, 6) is 12.2. The van der Waals surface area contributed by atoms with E-state index >= 15 is 0 Å². The highest BCUT2D eigenvalue weighted by Gasteiger charge is 2.27. The highest BCUT2D eigenvalue weighted by Crippen LogP contribution is 2.22. The number of anilines is 1. The normalized spacial score (nSPS) is 16.1. The van der Waals surface area contributed by atoms with Gasteiger partial charge in [0.15, 0.2) is 6.29 Å². The second-order valence-electron chi connectivity index (χ2n) is 10.1. The van der Waals surface area contributed by atoms with E-state index in [2.05, 4.69) is 36.0 Å². The fourth-order valence-corrected chi connectivity index (χ4v) is 3.61. The van der Waals surface area contributed by atoms with Crippen LogP contribution in [0.2, 0.25) is 0 Å². The summed E-state index contributed by atoms with van der Waals surface area (Å²) in [6.45, 7) is 8.33. The van der Waals surface area contributed by atoms with Crippen LogP contribution < -0.4 is 27.5 Å². The van der Waals surface area contributed by atoms with E-state index in [0.29, 0.717) is 43.4 Å². The van der Waals surface area contributed by atoms with Crippen LogP contribution in [-0.4, -0.2) is 56.7 Å². The summed E-state index contributed by atoms with van der Waals surface area (Å²) in [6, 6.07) is 9.89. The first-order valence-electron chi connectivity index (χ1n) is 12.2. The van der Waals surface area contributed by atoms with Gasteiger partial charge in [-0.15, -0.1) is 0 Å². The van der Waals surface area contributed by atoms with Gasteiger partial charge < -0.3 is 36.2 Å². The Hall–Kier alpha value is -3.71. The van der Waals surface area contributed by atoms with E-state index in [1.54, 1.807) is 18.6 Å². The second-order valence-corrected chi connectivity index (χ2v) is 10.1. The van der Waals surface area contributed by atoms with Crippen LogP contribution in [0.15, 0.2) is 48.9 Å². The number of hydrogen-bond acceptors (Lipinski definition) is 9. The van der Waals surface area contributed by atoms with Crippen LogP contribution in [0.4, 0.5) is 5.69 Å². The minimum absolute atomic E-state index is 0.0440. The van der Waals surface area contributed by atoms with Crippen molar-refractivity contribution in [1.82, 2.24) is 15.3 Å². The van der Waals surface area contributed by atoms with Gasteiger partial charge in [-0.1, -0.05) is 37.8 Å². The highest BCUT2D eigenvalue weighted by molar-refractivity contribution is 5.65. The number of nitrogens with two attached hydrogens (primary N) is 3. The minimum atomic E-state index is -0.292. The van der Waals surface area contributed by atoms with Gasteiger partial charge in [-0.3, -0.25) is 4.98 Å². The molecule has 0 unspecified atom stereocenters. The second kappa shape index (κ2) is 12.5. The summed E-state index contributed by atoms with van der Waals surface area (Å²) in [5.41, 5.74) is 18.0. The van der Waals surface area contributed by atoms with E-state index in [0.717, 1.165) is 22.4 Å². The lowest BCUT2D eigenvalue weighted by Crippen LogP contribution is -2.41. The largest absolute Gasteiger partial charge is 0.397 e. The monoisotopic (exact) mass is 505 g/mol. The van der Waals surface area contributed by atoms with Crippen molar-refractivity contribution in [3.63, 3.8) is 0 Å². The van der Waals surface area contributed by atoms with E-state index in [9.17, 15) is 0 Å². The molecule has 1 aliphatic rings. The van der Waals surface area contributed by atoms with Crippen molar-refractivity contribution < 1.29 is 9.47 Å². The molecule has 37 heavy (non-hydrogen) atoms. The summed E-state index contributed by atoms with van der Waals surface area (Å²) in [7, 11) is 3.99. The number of rotatable bonds is 8. The molecule has 9 nitrogen and oxygen atoms in total. The number of pyridine rings is 1. The molecule has 0 amide bonds. The number of ether oxygens (including phenoxy) is 2. The standard InChI is InChI=1S/C28H39N7O2/c1-20-13-21(7-6-12-35(31)17-25(30)22-8-10-23(11-9-22)34(4)5)14-33-27(20)24(29)15-32-16-26-36-18-28(2,3)19-37-26/h8-11,13-15,17,26,32H,12,16,18-19,29-31H2,1-5H3/b24-15-,25-17-. The summed E-state index contributed by atoms with van der Waals surface area (Å²) < 4.78 is 11.4. The third-order valence-electron chi connectivity index (χ3n) is 5.73. The van der Waals surface area contributed by atoms with Crippen LogP contribution in [0, 0.1) is 24.2 Å². The Morgan fingerprint density at radius 1 is 1.16 bits per heavy atom. The number of aromatic nitrogens is 1. The molecule has 0 spiro atoms. The Bertz CT molecular complexity index is 1170. The predicted molar refractivity (Wildman–Crippen MR) is 149 cm³/mol. The molecule has 0 bridgehead atoms. The molecule has 0 aliphatic carbocycles. The average Bonchev–Trinajstić information content (AvgIpc) is 2.85. The first-order valence-corrected chi connectivity index (χ1v) is 12.2. The average molecular weight is 506 g/mol. The maximum atomic E-state index is 6.24. The van der Waals surface area contributed by atoms with E-state index in [-0.39, 0.29) is 11.7 Å². The number of nitrogens with zero attached hydrogens (tertiary/aromatic N) is 3. The summed E-state index contributed by atoms with van der Waals surface area (Å²) >= 11 is 0. The molecule has 1 aliphatic heterocycles. The van der Waals surface area contributed by atoms with Crippen molar-refractivity contribution in [3.8, 4) is 11.8 Å². The van der Waals surface area contributed by atoms with Crippen molar-refractivity contribution >= 4 is 17.1 Å². The molecule has 1 aromatic heterocycles. The SMILES string of the molecule is Cc1cc(C#CCN(N)/C=C(\N)c2ccc(N(C)C)cc2)cnc1/C(N)=C/NCC1OCC(C)(C)CO1. The molecule has 198 valence electrons. The Morgan fingerprint density at radius 2 is 1.84 bits per heavy atom. The molecule has 1 aromatic carbocycles. The quantitative estimate of drug-likeness (QED) is 0.242. The van der Waals surface area contributed by atoms with Crippen molar-refractivity contribution in [1.29, 1.82) is 0 Å². The van der Waals surface area contributed by atoms with Gasteiger partial charge in [-0.2, -0.15) is 0 Å².